The third-order valence-corrected chi connectivity index (χ3v) is 5.20. The second-order valence-corrected chi connectivity index (χ2v) is 6.71. The van der Waals surface area contributed by atoms with Gasteiger partial charge in [0, 0.05) is 25.5 Å². The van der Waals surface area contributed by atoms with Crippen molar-refractivity contribution in [1.82, 2.24) is 14.8 Å². The minimum atomic E-state index is 0.856. The van der Waals surface area contributed by atoms with Gasteiger partial charge in [-0.3, -0.25) is 0 Å². The minimum absolute atomic E-state index is 0.856. The second kappa shape index (κ2) is 7.15. The topological polar surface area (TPSA) is 44.4 Å². The van der Waals surface area contributed by atoms with Gasteiger partial charge in [-0.25, -0.2) is 0 Å². The number of quaternary nitrogens is 1. The predicted octanol–water partition coefficient (Wildman–Crippen LogP) is 1.26. The highest BCUT2D eigenvalue weighted by atomic mass is 32.2. The average Bonchev–Trinajstić information content (AvgIpc) is 3.18. The zero-order valence-corrected chi connectivity index (χ0v) is 14.0. The first-order valence-electron chi connectivity index (χ1n) is 7.78. The molecule has 1 fully saturated rings. The molecule has 1 aliphatic rings. The van der Waals surface area contributed by atoms with Crippen LogP contribution in [-0.4, -0.2) is 47.3 Å². The molecule has 0 atom stereocenters. The first-order valence-corrected chi connectivity index (χ1v) is 8.76. The Kier molecular flexibility index (Phi) is 5.00. The summed E-state index contributed by atoms with van der Waals surface area (Å²) in [6, 6.07) is 7.94. The summed E-state index contributed by atoms with van der Waals surface area (Å²) in [6.45, 7) is 3.88. The van der Waals surface area contributed by atoms with Crippen LogP contribution >= 0.6 is 11.8 Å². The van der Waals surface area contributed by atoms with E-state index in [0.717, 1.165) is 28.0 Å². The highest BCUT2D eigenvalue weighted by Crippen LogP contribution is 2.24. The molecule has 22 heavy (non-hydrogen) atoms. The lowest BCUT2D eigenvalue weighted by Crippen LogP contribution is -3.10. The number of hydrogen-bond donors (Lipinski definition) is 1. The molecule has 0 radical (unpaired) electrons. The summed E-state index contributed by atoms with van der Waals surface area (Å²) in [7, 11) is 3.71. The van der Waals surface area contributed by atoms with Crippen LogP contribution in [0.15, 0.2) is 29.4 Å². The van der Waals surface area contributed by atoms with Gasteiger partial charge in [0.2, 0.25) is 0 Å². The van der Waals surface area contributed by atoms with Crippen molar-refractivity contribution in [2.45, 2.75) is 18.0 Å². The maximum Gasteiger partial charge on any atom is 0.191 e. The van der Waals surface area contributed by atoms with E-state index in [1.807, 2.05) is 31.3 Å². The molecule has 1 aliphatic heterocycles. The van der Waals surface area contributed by atoms with Crippen molar-refractivity contribution < 1.29 is 9.64 Å². The number of aromatic nitrogens is 3. The van der Waals surface area contributed by atoms with E-state index in [0.29, 0.717) is 0 Å². The van der Waals surface area contributed by atoms with Crippen LogP contribution < -0.4 is 9.64 Å². The molecule has 0 bridgehead atoms. The van der Waals surface area contributed by atoms with Gasteiger partial charge in [0.25, 0.3) is 0 Å². The Labute approximate surface area is 135 Å². The van der Waals surface area contributed by atoms with Crippen LogP contribution in [0.5, 0.6) is 5.75 Å². The third kappa shape index (κ3) is 3.44. The number of nitrogens with zero attached hydrogens (tertiary/aromatic N) is 3. The Morgan fingerprint density at radius 3 is 2.59 bits per heavy atom. The summed E-state index contributed by atoms with van der Waals surface area (Å²) >= 11 is 1.80. The Morgan fingerprint density at radius 1 is 1.18 bits per heavy atom. The minimum Gasteiger partial charge on any atom is -0.497 e. The SMILES string of the molecule is COc1ccc(-c2nnc(SCC[NH+]3CCCC3)n2C)cc1. The summed E-state index contributed by atoms with van der Waals surface area (Å²) in [5, 5.41) is 9.66. The first-order chi connectivity index (χ1) is 10.8. The number of nitrogens with one attached hydrogen (secondary N) is 1. The fourth-order valence-corrected chi connectivity index (χ4v) is 3.80. The number of hydrogen-bond acceptors (Lipinski definition) is 4. The van der Waals surface area contributed by atoms with E-state index in [4.69, 9.17) is 4.74 Å². The second-order valence-electron chi connectivity index (χ2n) is 5.65. The molecule has 118 valence electrons. The normalized spacial score (nSPS) is 15.4. The zero-order chi connectivity index (χ0) is 15.4. The molecule has 0 spiro atoms. The Balaban J connectivity index is 1.63. The number of benzene rings is 1. The molecule has 0 saturated carbocycles. The average molecular weight is 319 g/mol. The molecule has 6 heteroatoms. The summed E-state index contributed by atoms with van der Waals surface area (Å²) in [5.74, 6) is 2.86. The number of methoxy groups -OCH3 is 1. The molecule has 2 aromatic rings. The molecule has 5 nitrogen and oxygen atoms in total. The maximum absolute atomic E-state index is 5.19. The molecule has 3 rings (SSSR count). The van der Waals surface area contributed by atoms with E-state index in [-0.39, 0.29) is 0 Å². The van der Waals surface area contributed by atoms with E-state index in [1.54, 1.807) is 23.8 Å². The van der Waals surface area contributed by atoms with Gasteiger partial charge in [0.15, 0.2) is 11.0 Å². The van der Waals surface area contributed by atoms with Crippen LogP contribution in [0.4, 0.5) is 0 Å². The molecular weight excluding hydrogens is 296 g/mol. The summed E-state index contributed by atoms with van der Waals surface area (Å²) in [6.07, 6.45) is 2.76. The first kappa shape index (κ1) is 15.4. The van der Waals surface area contributed by atoms with Gasteiger partial charge in [-0.1, -0.05) is 11.8 Å². The van der Waals surface area contributed by atoms with E-state index < -0.39 is 0 Å². The van der Waals surface area contributed by atoms with Gasteiger partial charge in [0.1, 0.15) is 5.75 Å². The van der Waals surface area contributed by atoms with Crippen LogP contribution in [0.2, 0.25) is 0 Å². The van der Waals surface area contributed by atoms with Gasteiger partial charge in [-0.15, -0.1) is 10.2 Å². The molecule has 1 saturated heterocycles. The standard InChI is InChI=1S/C16H22N4OS/c1-19-15(13-5-7-14(21-2)8-6-13)17-18-16(19)22-12-11-20-9-3-4-10-20/h5-8H,3-4,9-12H2,1-2H3/p+1. The van der Waals surface area contributed by atoms with Crippen molar-refractivity contribution in [2.24, 2.45) is 7.05 Å². The summed E-state index contributed by atoms with van der Waals surface area (Å²) < 4.78 is 7.27. The Morgan fingerprint density at radius 2 is 1.91 bits per heavy atom. The molecule has 1 aromatic carbocycles. The lowest BCUT2D eigenvalue weighted by atomic mass is 10.2. The van der Waals surface area contributed by atoms with Crippen molar-refractivity contribution in [1.29, 1.82) is 0 Å². The molecule has 1 N–H and O–H groups in total. The Bertz CT molecular complexity index is 605. The smallest absolute Gasteiger partial charge is 0.191 e. The lowest BCUT2D eigenvalue weighted by Gasteiger charge is -2.11. The van der Waals surface area contributed by atoms with Crippen LogP contribution in [0.3, 0.4) is 0 Å². The van der Waals surface area contributed by atoms with Crippen molar-refractivity contribution >= 4 is 11.8 Å². The maximum atomic E-state index is 5.19. The van der Waals surface area contributed by atoms with Crippen LogP contribution in [-0.2, 0) is 7.05 Å². The predicted molar refractivity (Wildman–Crippen MR) is 88.5 cm³/mol. The summed E-state index contributed by atoms with van der Waals surface area (Å²) in [5.41, 5.74) is 1.06. The molecule has 2 heterocycles. The van der Waals surface area contributed by atoms with Crippen LogP contribution in [0, 0.1) is 0 Å². The largest absolute Gasteiger partial charge is 0.497 e. The summed E-state index contributed by atoms with van der Waals surface area (Å²) in [4.78, 5) is 1.73. The van der Waals surface area contributed by atoms with E-state index in [2.05, 4.69) is 14.8 Å². The highest BCUT2D eigenvalue weighted by molar-refractivity contribution is 7.99. The molecule has 0 unspecified atom stereocenters. The van der Waals surface area contributed by atoms with Crippen molar-refractivity contribution in [3.8, 4) is 17.1 Å². The number of rotatable bonds is 6. The van der Waals surface area contributed by atoms with Gasteiger partial charge >= 0.3 is 0 Å². The van der Waals surface area contributed by atoms with Gasteiger partial charge in [-0.05, 0) is 24.3 Å². The quantitative estimate of drug-likeness (QED) is 0.814. The highest BCUT2D eigenvalue weighted by Gasteiger charge is 2.16. The van der Waals surface area contributed by atoms with E-state index in [9.17, 15) is 0 Å². The van der Waals surface area contributed by atoms with Gasteiger partial charge < -0.3 is 14.2 Å². The van der Waals surface area contributed by atoms with Gasteiger partial charge in [0.05, 0.1) is 32.5 Å². The molecule has 1 aromatic heterocycles. The van der Waals surface area contributed by atoms with Crippen LogP contribution in [0.25, 0.3) is 11.4 Å². The molecule has 0 aliphatic carbocycles. The number of likely N-dealkylation sites (tertiary alicyclic amines) is 1. The van der Waals surface area contributed by atoms with Crippen molar-refractivity contribution in [3.05, 3.63) is 24.3 Å². The monoisotopic (exact) mass is 319 g/mol. The lowest BCUT2D eigenvalue weighted by molar-refractivity contribution is -0.884. The van der Waals surface area contributed by atoms with Crippen molar-refractivity contribution in [3.63, 3.8) is 0 Å². The molecular formula is C16H23N4OS+. The van der Waals surface area contributed by atoms with E-state index >= 15 is 0 Å². The Hall–Kier alpha value is -1.53. The number of thioether (sulfide) groups is 1. The number of ether oxygens (including phenoxy) is 1. The third-order valence-electron chi connectivity index (χ3n) is 4.18. The zero-order valence-electron chi connectivity index (χ0n) is 13.2. The molecule has 0 amide bonds. The van der Waals surface area contributed by atoms with Crippen LogP contribution in [0.1, 0.15) is 12.8 Å². The fraction of sp³-hybridized carbons (Fsp3) is 0.500. The van der Waals surface area contributed by atoms with Gasteiger partial charge in [-0.2, -0.15) is 0 Å². The van der Waals surface area contributed by atoms with Crippen molar-refractivity contribution in [2.75, 3.05) is 32.5 Å². The van der Waals surface area contributed by atoms with E-state index in [1.165, 1.54) is 32.5 Å². The fourth-order valence-electron chi connectivity index (χ4n) is 2.84.